The quantitative estimate of drug-likeness (QED) is 0.869. The van der Waals surface area contributed by atoms with Crippen molar-refractivity contribution < 1.29 is 0 Å². The molecule has 4 heteroatoms. The van der Waals surface area contributed by atoms with E-state index in [2.05, 4.69) is 57.2 Å². The van der Waals surface area contributed by atoms with Gasteiger partial charge in [-0.3, -0.25) is 0 Å². The monoisotopic (exact) mass is 330 g/mol. The molecular formula is C11H11IN2S. The molecule has 0 amide bonds. The van der Waals surface area contributed by atoms with E-state index in [0.29, 0.717) is 0 Å². The Morgan fingerprint density at radius 3 is 3.00 bits per heavy atom. The number of benzene rings is 1. The van der Waals surface area contributed by atoms with E-state index in [-0.39, 0.29) is 0 Å². The van der Waals surface area contributed by atoms with E-state index in [1.165, 1.54) is 8.45 Å². The minimum absolute atomic E-state index is 0.853. The summed E-state index contributed by atoms with van der Waals surface area (Å²) in [5.74, 6) is 0. The zero-order valence-corrected chi connectivity index (χ0v) is 11.3. The van der Waals surface area contributed by atoms with E-state index in [1.54, 1.807) is 11.3 Å². The Kier molecular flexibility index (Phi) is 3.58. The van der Waals surface area contributed by atoms with E-state index in [1.807, 2.05) is 13.1 Å². The molecule has 0 aliphatic heterocycles. The Morgan fingerprint density at radius 1 is 1.47 bits per heavy atom. The molecule has 1 aromatic heterocycles. The van der Waals surface area contributed by atoms with Gasteiger partial charge in [0.05, 0.1) is 11.6 Å². The fourth-order valence-corrected chi connectivity index (χ4v) is 2.55. The van der Waals surface area contributed by atoms with Crippen molar-refractivity contribution in [2.75, 3.05) is 5.32 Å². The molecule has 1 heterocycles. The van der Waals surface area contributed by atoms with E-state index < -0.39 is 0 Å². The SMILES string of the molecule is Cc1ncc(CNc2cccc(I)c2)s1. The molecule has 0 unspecified atom stereocenters. The van der Waals surface area contributed by atoms with Gasteiger partial charge in [-0.2, -0.15) is 0 Å². The van der Waals surface area contributed by atoms with Crippen LogP contribution in [0.1, 0.15) is 9.88 Å². The molecule has 2 aromatic rings. The van der Waals surface area contributed by atoms with Gasteiger partial charge in [-0.1, -0.05) is 6.07 Å². The maximum absolute atomic E-state index is 4.22. The number of thiazole rings is 1. The number of hydrogen-bond donors (Lipinski definition) is 1. The summed E-state index contributed by atoms with van der Waals surface area (Å²) in [6.07, 6.45) is 1.93. The average Bonchev–Trinajstić information content (AvgIpc) is 2.62. The molecular weight excluding hydrogens is 319 g/mol. The Bertz CT molecular complexity index is 453. The van der Waals surface area contributed by atoms with Crippen molar-refractivity contribution >= 4 is 39.6 Å². The smallest absolute Gasteiger partial charge is 0.0897 e. The van der Waals surface area contributed by atoms with E-state index in [9.17, 15) is 0 Å². The van der Waals surface area contributed by atoms with Crippen molar-refractivity contribution in [3.63, 3.8) is 0 Å². The Balaban J connectivity index is 1.99. The van der Waals surface area contributed by atoms with Crippen molar-refractivity contribution in [1.82, 2.24) is 4.98 Å². The van der Waals surface area contributed by atoms with Crippen LogP contribution < -0.4 is 5.32 Å². The normalized spacial score (nSPS) is 10.3. The second-order valence-corrected chi connectivity index (χ2v) is 5.77. The maximum atomic E-state index is 4.22. The van der Waals surface area contributed by atoms with Crippen LogP contribution in [-0.4, -0.2) is 4.98 Å². The minimum atomic E-state index is 0.853. The number of nitrogens with one attached hydrogen (secondary N) is 1. The summed E-state index contributed by atoms with van der Waals surface area (Å²) in [7, 11) is 0. The molecule has 1 N–H and O–H groups in total. The first kappa shape index (κ1) is 10.9. The van der Waals surface area contributed by atoms with E-state index in [0.717, 1.165) is 17.2 Å². The van der Waals surface area contributed by atoms with Crippen LogP contribution in [0, 0.1) is 10.5 Å². The summed E-state index contributed by atoms with van der Waals surface area (Å²) in [4.78, 5) is 5.49. The number of rotatable bonds is 3. The summed E-state index contributed by atoms with van der Waals surface area (Å²) < 4.78 is 1.25. The summed E-state index contributed by atoms with van der Waals surface area (Å²) in [5.41, 5.74) is 1.16. The Labute approximate surface area is 107 Å². The number of nitrogens with zero attached hydrogens (tertiary/aromatic N) is 1. The third kappa shape index (κ3) is 3.17. The van der Waals surface area contributed by atoms with Crippen LogP contribution in [0.4, 0.5) is 5.69 Å². The molecule has 2 nitrogen and oxygen atoms in total. The largest absolute Gasteiger partial charge is 0.380 e. The first-order chi connectivity index (χ1) is 7.24. The number of hydrogen-bond acceptors (Lipinski definition) is 3. The fourth-order valence-electron chi connectivity index (χ4n) is 1.27. The topological polar surface area (TPSA) is 24.9 Å². The average molecular weight is 330 g/mol. The number of anilines is 1. The Hall–Kier alpha value is -0.620. The van der Waals surface area contributed by atoms with Gasteiger partial charge in [-0.25, -0.2) is 4.98 Å². The van der Waals surface area contributed by atoms with Crippen LogP contribution in [0.5, 0.6) is 0 Å². The van der Waals surface area contributed by atoms with Crippen LogP contribution in [0.3, 0.4) is 0 Å². The van der Waals surface area contributed by atoms with Crippen molar-refractivity contribution in [2.24, 2.45) is 0 Å². The molecule has 0 saturated heterocycles. The summed E-state index contributed by atoms with van der Waals surface area (Å²) in [6.45, 7) is 2.88. The van der Waals surface area contributed by atoms with Crippen LogP contribution in [0.25, 0.3) is 0 Å². The van der Waals surface area contributed by atoms with Gasteiger partial charge in [0.25, 0.3) is 0 Å². The third-order valence-electron chi connectivity index (χ3n) is 1.96. The zero-order chi connectivity index (χ0) is 10.7. The van der Waals surface area contributed by atoms with Crippen LogP contribution in [0.15, 0.2) is 30.5 Å². The van der Waals surface area contributed by atoms with E-state index >= 15 is 0 Å². The molecule has 0 radical (unpaired) electrons. The summed E-state index contributed by atoms with van der Waals surface area (Å²) in [5, 5.41) is 4.50. The van der Waals surface area contributed by atoms with Gasteiger partial charge in [0.2, 0.25) is 0 Å². The van der Waals surface area contributed by atoms with Crippen molar-refractivity contribution in [2.45, 2.75) is 13.5 Å². The van der Waals surface area contributed by atoms with Gasteiger partial charge in [0.15, 0.2) is 0 Å². The highest BCUT2D eigenvalue weighted by molar-refractivity contribution is 14.1. The predicted molar refractivity (Wildman–Crippen MR) is 73.3 cm³/mol. The lowest BCUT2D eigenvalue weighted by Crippen LogP contribution is -1.97. The highest BCUT2D eigenvalue weighted by atomic mass is 127. The van der Waals surface area contributed by atoms with Crippen LogP contribution in [-0.2, 0) is 6.54 Å². The highest BCUT2D eigenvalue weighted by Crippen LogP contribution is 2.16. The zero-order valence-electron chi connectivity index (χ0n) is 8.33. The standard InChI is InChI=1S/C11H11IN2S/c1-8-13-6-11(15-8)7-14-10-4-2-3-9(12)5-10/h2-6,14H,7H2,1H3. The van der Waals surface area contributed by atoms with Gasteiger partial charge in [-0.15, -0.1) is 11.3 Å². The molecule has 0 saturated carbocycles. The van der Waals surface area contributed by atoms with Crippen molar-refractivity contribution in [3.05, 3.63) is 43.9 Å². The molecule has 0 aliphatic rings. The maximum Gasteiger partial charge on any atom is 0.0897 e. The molecule has 0 atom stereocenters. The lowest BCUT2D eigenvalue weighted by Gasteiger charge is -2.04. The van der Waals surface area contributed by atoms with Crippen molar-refractivity contribution in [1.29, 1.82) is 0 Å². The molecule has 2 rings (SSSR count). The second kappa shape index (κ2) is 4.94. The highest BCUT2D eigenvalue weighted by Gasteiger charge is 1.98. The Morgan fingerprint density at radius 2 is 2.33 bits per heavy atom. The molecule has 0 bridgehead atoms. The number of halogens is 1. The van der Waals surface area contributed by atoms with E-state index in [4.69, 9.17) is 0 Å². The fraction of sp³-hybridized carbons (Fsp3) is 0.182. The minimum Gasteiger partial charge on any atom is -0.380 e. The molecule has 78 valence electrons. The molecule has 1 aromatic carbocycles. The van der Waals surface area contributed by atoms with Crippen LogP contribution >= 0.6 is 33.9 Å². The predicted octanol–water partition coefficient (Wildman–Crippen LogP) is 3.67. The molecule has 0 aliphatic carbocycles. The van der Waals surface area contributed by atoms with Crippen molar-refractivity contribution in [3.8, 4) is 0 Å². The lowest BCUT2D eigenvalue weighted by atomic mass is 10.3. The van der Waals surface area contributed by atoms with Gasteiger partial charge in [0.1, 0.15) is 0 Å². The number of aromatic nitrogens is 1. The van der Waals surface area contributed by atoms with Gasteiger partial charge in [-0.05, 0) is 47.7 Å². The first-order valence-electron chi connectivity index (χ1n) is 4.65. The van der Waals surface area contributed by atoms with Gasteiger partial charge < -0.3 is 5.32 Å². The molecule has 0 spiro atoms. The summed E-state index contributed by atoms with van der Waals surface area (Å²) in [6, 6.07) is 8.36. The van der Waals surface area contributed by atoms with Gasteiger partial charge >= 0.3 is 0 Å². The third-order valence-corrected chi connectivity index (χ3v) is 3.54. The number of aryl methyl sites for hydroxylation is 1. The molecule has 15 heavy (non-hydrogen) atoms. The lowest BCUT2D eigenvalue weighted by molar-refractivity contribution is 1.17. The molecule has 0 fully saturated rings. The summed E-state index contributed by atoms with van der Waals surface area (Å²) >= 11 is 4.05. The second-order valence-electron chi connectivity index (χ2n) is 3.21. The van der Waals surface area contributed by atoms with Crippen LogP contribution in [0.2, 0.25) is 0 Å². The van der Waals surface area contributed by atoms with Gasteiger partial charge in [0, 0.05) is 20.3 Å². The first-order valence-corrected chi connectivity index (χ1v) is 6.54.